The number of fused-ring (bicyclic) bond motifs is 1. The molecule has 1 aromatic heterocycles. The van der Waals surface area contributed by atoms with E-state index in [-0.39, 0.29) is 28.0 Å². The first-order valence-electron chi connectivity index (χ1n) is 11.5. The summed E-state index contributed by atoms with van der Waals surface area (Å²) < 4.78 is 43.8. The van der Waals surface area contributed by atoms with Crippen molar-refractivity contribution in [1.82, 2.24) is 9.55 Å². The van der Waals surface area contributed by atoms with Gasteiger partial charge in [-0.25, -0.2) is 17.8 Å². The van der Waals surface area contributed by atoms with Crippen LogP contribution in [0.3, 0.4) is 0 Å². The average molecular weight is 524 g/mol. The minimum absolute atomic E-state index is 0.0349. The summed E-state index contributed by atoms with van der Waals surface area (Å²) >= 11 is 0. The van der Waals surface area contributed by atoms with Gasteiger partial charge in [0, 0.05) is 31.8 Å². The Bertz CT molecular complexity index is 1590. The minimum atomic E-state index is -4.05. The van der Waals surface area contributed by atoms with E-state index < -0.39 is 21.7 Å². The molecule has 1 heterocycles. The van der Waals surface area contributed by atoms with Gasteiger partial charge in [0.25, 0.3) is 15.9 Å². The molecule has 0 aliphatic rings. The molecule has 4 aromatic rings. The van der Waals surface area contributed by atoms with Crippen LogP contribution in [0, 0.1) is 5.82 Å². The summed E-state index contributed by atoms with van der Waals surface area (Å²) in [5.41, 5.74) is 1.71. The molecule has 0 radical (unpaired) electrons. The van der Waals surface area contributed by atoms with Crippen LogP contribution < -0.4 is 14.9 Å². The quantitative estimate of drug-likeness (QED) is 0.350. The lowest BCUT2D eigenvalue weighted by Gasteiger charge is -2.14. The Balaban J connectivity index is 1.64. The SMILES string of the molecule is CCCn1c(NC(=O)c2ccc(F)c(NS(=O)(=O)c3ccccc3)c2)nc2cc(N(C)C(C)=O)ccc21. The van der Waals surface area contributed by atoms with Gasteiger partial charge in [-0.05, 0) is 55.0 Å². The van der Waals surface area contributed by atoms with E-state index in [4.69, 9.17) is 0 Å². The molecule has 0 spiro atoms. The van der Waals surface area contributed by atoms with Crippen molar-refractivity contribution in [3.63, 3.8) is 0 Å². The summed E-state index contributed by atoms with van der Waals surface area (Å²) in [6.45, 7) is 4.02. The van der Waals surface area contributed by atoms with Crippen molar-refractivity contribution in [2.45, 2.75) is 31.7 Å². The maximum atomic E-state index is 14.5. The molecule has 2 N–H and O–H groups in total. The molecule has 0 fully saturated rings. The van der Waals surface area contributed by atoms with E-state index >= 15 is 0 Å². The number of imidazole rings is 1. The first-order chi connectivity index (χ1) is 17.6. The Morgan fingerprint density at radius 3 is 2.46 bits per heavy atom. The van der Waals surface area contributed by atoms with Crippen molar-refractivity contribution in [2.75, 3.05) is 22.0 Å². The van der Waals surface area contributed by atoms with Gasteiger partial charge in [-0.2, -0.15) is 0 Å². The lowest BCUT2D eigenvalue weighted by Crippen LogP contribution is -2.22. The number of rotatable bonds is 8. The van der Waals surface area contributed by atoms with Crippen LogP contribution in [0.2, 0.25) is 0 Å². The molecule has 0 atom stereocenters. The highest BCUT2D eigenvalue weighted by atomic mass is 32.2. The Morgan fingerprint density at radius 1 is 1.05 bits per heavy atom. The number of nitrogens with zero attached hydrogens (tertiary/aromatic N) is 3. The highest BCUT2D eigenvalue weighted by Crippen LogP contribution is 2.26. The molecule has 11 heteroatoms. The maximum absolute atomic E-state index is 14.5. The summed E-state index contributed by atoms with van der Waals surface area (Å²) in [6, 6.07) is 16.4. The zero-order chi connectivity index (χ0) is 26.7. The molecule has 2 amide bonds. The third-order valence-electron chi connectivity index (χ3n) is 5.79. The Morgan fingerprint density at radius 2 is 1.78 bits per heavy atom. The van der Waals surface area contributed by atoms with Gasteiger partial charge in [0.05, 0.1) is 21.6 Å². The van der Waals surface area contributed by atoms with Crippen molar-refractivity contribution >= 4 is 50.2 Å². The van der Waals surface area contributed by atoms with Gasteiger partial charge in [0.15, 0.2) is 0 Å². The Labute approximate surface area is 214 Å². The average Bonchev–Trinajstić information content (AvgIpc) is 3.21. The topological polar surface area (TPSA) is 113 Å². The summed E-state index contributed by atoms with van der Waals surface area (Å²) in [5, 5.41) is 2.75. The Kier molecular flexibility index (Phi) is 7.25. The summed E-state index contributed by atoms with van der Waals surface area (Å²) in [7, 11) is -2.39. The summed E-state index contributed by atoms with van der Waals surface area (Å²) in [6.07, 6.45) is 0.769. The predicted molar refractivity (Wildman–Crippen MR) is 141 cm³/mol. The van der Waals surface area contributed by atoms with Crippen molar-refractivity contribution in [3.8, 4) is 0 Å². The van der Waals surface area contributed by atoms with Crippen LogP contribution in [0.4, 0.5) is 21.7 Å². The first-order valence-corrected chi connectivity index (χ1v) is 13.0. The van der Waals surface area contributed by atoms with Crippen molar-refractivity contribution in [2.24, 2.45) is 0 Å². The number of sulfonamides is 1. The second kappa shape index (κ2) is 10.4. The molecule has 0 bridgehead atoms. The Hall–Kier alpha value is -4.25. The van der Waals surface area contributed by atoms with Crippen LogP contribution >= 0.6 is 0 Å². The molecule has 192 valence electrons. The van der Waals surface area contributed by atoms with Gasteiger partial charge in [0.2, 0.25) is 11.9 Å². The normalized spacial score (nSPS) is 11.4. The molecule has 4 rings (SSSR count). The molecule has 37 heavy (non-hydrogen) atoms. The van der Waals surface area contributed by atoms with Crippen LogP contribution in [0.5, 0.6) is 0 Å². The van der Waals surface area contributed by atoms with Crippen LogP contribution in [-0.2, 0) is 21.4 Å². The maximum Gasteiger partial charge on any atom is 0.261 e. The molecule has 3 aromatic carbocycles. The number of halogens is 1. The second-order valence-electron chi connectivity index (χ2n) is 8.41. The van der Waals surface area contributed by atoms with Gasteiger partial charge >= 0.3 is 0 Å². The van der Waals surface area contributed by atoms with Crippen LogP contribution in [-0.4, -0.2) is 36.8 Å². The molecular formula is C26H26FN5O4S. The largest absolute Gasteiger partial charge is 0.316 e. The van der Waals surface area contributed by atoms with E-state index in [0.717, 1.165) is 24.1 Å². The summed E-state index contributed by atoms with van der Waals surface area (Å²) in [5.74, 6) is -1.26. The smallest absolute Gasteiger partial charge is 0.261 e. The van der Waals surface area contributed by atoms with E-state index in [0.29, 0.717) is 17.7 Å². The molecular weight excluding hydrogens is 497 g/mol. The number of hydrogen-bond donors (Lipinski definition) is 2. The highest BCUT2D eigenvalue weighted by molar-refractivity contribution is 7.92. The zero-order valence-electron chi connectivity index (χ0n) is 20.5. The molecule has 0 saturated heterocycles. The first kappa shape index (κ1) is 25.8. The fourth-order valence-corrected chi connectivity index (χ4v) is 4.85. The number of amides is 2. The molecule has 9 nitrogen and oxygen atoms in total. The zero-order valence-corrected chi connectivity index (χ0v) is 21.3. The van der Waals surface area contributed by atoms with Crippen LogP contribution in [0.15, 0.2) is 71.6 Å². The number of carbonyl (C=O) groups excluding carboxylic acids is 2. The van der Waals surface area contributed by atoms with Crippen molar-refractivity contribution in [1.29, 1.82) is 0 Å². The highest BCUT2D eigenvalue weighted by Gasteiger charge is 2.20. The minimum Gasteiger partial charge on any atom is -0.316 e. The fraction of sp³-hybridized carbons (Fsp3) is 0.192. The molecule has 0 saturated carbocycles. The van der Waals surface area contributed by atoms with Crippen LogP contribution in [0.25, 0.3) is 11.0 Å². The van der Waals surface area contributed by atoms with E-state index in [2.05, 4.69) is 15.0 Å². The standard InChI is InChI=1S/C26H26FN5O4S/c1-4-14-32-24-13-11-19(31(3)17(2)33)16-23(24)28-26(32)29-25(34)18-10-12-21(27)22(15-18)30-37(35,36)20-8-6-5-7-9-20/h5-13,15-16,30H,4,14H2,1-3H3,(H,28,29,34). The molecule has 0 aliphatic heterocycles. The van der Waals surface area contributed by atoms with Gasteiger partial charge in [-0.1, -0.05) is 25.1 Å². The van der Waals surface area contributed by atoms with Crippen LogP contribution in [0.1, 0.15) is 30.6 Å². The van der Waals surface area contributed by atoms with E-state index in [1.165, 1.54) is 30.0 Å². The summed E-state index contributed by atoms with van der Waals surface area (Å²) in [4.78, 5) is 30.8. The number of benzene rings is 3. The monoisotopic (exact) mass is 523 g/mol. The lowest BCUT2D eigenvalue weighted by molar-refractivity contribution is -0.116. The predicted octanol–water partition coefficient (Wildman–Crippen LogP) is 4.62. The number of anilines is 3. The number of aromatic nitrogens is 2. The fourth-order valence-electron chi connectivity index (χ4n) is 3.78. The third kappa shape index (κ3) is 5.46. The second-order valence-corrected chi connectivity index (χ2v) is 10.1. The van der Waals surface area contributed by atoms with Crippen molar-refractivity contribution in [3.05, 3.63) is 78.1 Å². The molecule has 0 unspecified atom stereocenters. The van der Waals surface area contributed by atoms with E-state index in [1.807, 2.05) is 17.6 Å². The van der Waals surface area contributed by atoms with Crippen molar-refractivity contribution < 1.29 is 22.4 Å². The number of carbonyl (C=O) groups is 2. The lowest BCUT2D eigenvalue weighted by atomic mass is 10.2. The van der Waals surface area contributed by atoms with Gasteiger partial charge in [-0.3, -0.25) is 19.6 Å². The van der Waals surface area contributed by atoms with E-state index in [1.54, 1.807) is 37.4 Å². The number of nitrogens with one attached hydrogen (secondary N) is 2. The van der Waals surface area contributed by atoms with Gasteiger partial charge in [-0.15, -0.1) is 0 Å². The third-order valence-corrected chi connectivity index (χ3v) is 7.17. The van der Waals surface area contributed by atoms with E-state index in [9.17, 15) is 22.4 Å². The van der Waals surface area contributed by atoms with Gasteiger partial charge < -0.3 is 9.47 Å². The molecule has 0 aliphatic carbocycles. The number of aryl methyl sites for hydroxylation is 1. The number of hydrogen-bond acceptors (Lipinski definition) is 5. The van der Waals surface area contributed by atoms with Gasteiger partial charge in [0.1, 0.15) is 5.82 Å².